The van der Waals surface area contributed by atoms with E-state index in [1.807, 2.05) is 0 Å². The Kier molecular flexibility index (Phi) is 4.08. The first-order valence-corrected chi connectivity index (χ1v) is 5.33. The topological polar surface area (TPSA) is 16.1 Å². The lowest BCUT2D eigenvalue weighted by atomic mass is 10.3. The average Bonchev–Trinajstić information content (AvgIpc) is 2.56. The third-order valence-electron chi connectivity index (χ3n) is 1.69. The molecule has 2 nitrogen and oxygen atoms in total. The van der Waals surface area contributed by atoms with Crippen molar-refractivity contribution in [1.82, 2.24) is 4.98 Å². The molecule has 3 heteroatoms. The molecular weight excluding hydrogens is 168 g/mol. The van der Waals surface area contributed by atoms with E-state index in [4.69, 9.17) is 0 Å². The molecule has 1 radical (unpaired) electrons. The van der Waals surface area contributed by atoms with Gasteiger partial charge in [-0.2, -0.15) is 0 Å². The van der Waals surface area contributed by atoms with Gasteiger partial charge in [-0.15, -0.1) is 11.3 Å². The highest BCUT2D eigenvalue weighted by atomic mass is 32.1. The first kappa shape index (κ1) is 9.52. The predicted octanol–water partition coefficient (Wildman–Crippen LogP) is 2.57. The van der Waals surface area contributed by atoms with Gasteiger partial charge in [-0.3, -0.25) is 0 Å². The highest BCUT2D eigenvalue weighted by Crippen LogP contribution is 2.13. The Labute approximate surface area is 78.2 Å². The minimum atomic E-state index is 1.09. The molecule has 0 fully saturated rings. The fourth-order valence-electron chi connectivity index (χ4n) is 1.20. The van der Waals surface area contributed by atoms with Crippen LogP contribution in [0.5, 0.6) is 0 Å². The highest BCUT2D eigenvalue weighted by Gasteiger charge is 2.04. The lowest BCUT2D eigenvalue weighted by Crippen LogP contribution is -2.24. The van der Waals surface area contributed by atoms with E-state index in [-0.39, 0.29) is 0 Å². The Morgan fingerprint density at radius 1 is 1.42 bits per heavy atom. The zero-order chi connectivity index (χ0) is 8.81. The van der Waals surface area contributed by atoms with Crippen LogP contribution in [-0.2, 0) is 0 Å². The highest BCUT2D eigenvalue weighted by molar-refractivity contribution is 7.07. The Bertz CT molecular complexity index is 190. The van der Waals surface area contributed by atoms with Gasteiger partial charge in [0.05, 0.1) is 0 Å². The van der Waals surface area contributed by atoms with Crippen LogP contribution in [-0.4, -0.2) is 18.1 Å². The molecule has 1 aromatic rings. The minimum absolute atomic E-state index is 1.09. The van der Waals surface area contributed by atoms with Crippen molar-refractivity contribution in [3.8, 4) is 0 Å². The lowest BCUT2D eigenvalue weighted by Gasteiger charge is -2.20. The Balaban J connectivity index is 2.53. The van der Waals surface area contributed by atoms with Crippen molar-refractivity contribution >= 4 is 17.2 Å². The molecule has 0 saturated heterocycles. The van der Waals surface area contributed by atoms with Gasteiger partial charge in [0.1, 0.15) is 5.82 Å². The summed E-state index contributed by atoms with van der Waals surface area (Å²) in [5.74, 6) is 1.09. The van der Waals surface area contributed by atoms with Crippen LogP contribution in [0.4, 0.5) is 5.82 Å². The molecule has 0 aliphatic carbocycles. The molecule has 1 rings (SSSR count). The number of nitrogens with zero attached hydrogens (tertiary/aromatic N) is 2. The number of hydrogen-bond acceptors (Lipinski definition) is 3. The molecule has 12 heavy (non-hydrogen) atoms. The largest absolute Gasteiger partial charge is 0.356 e. The molecule has 0 saturated carbocycles. The molecule has 0 spiro atoms. The number of thiazole rings is 1. The van der Waals surface area contributed by atoms with Gasteiger partial charge < -0.3 is 4.90 Å². The Morgan fingerprint density at radius 2 is 2.08 bits per heavy atom. The van der Waals surface area contributed by atoms with Gasteiger partial charge in [-0.1, -0.05) is 13.8 Å². The van der Waals surface area contributed by atoms with Gasteiger partial charge in [-0.05, 0) is 12.8 Å². The number of aromatic nitrogens is 1. The van der Waals surface area contributed by atoms with E-state index < -0.39 is 0 Å². The SMILES string of the molecule is CCCN(CCC)c1cs[c]n1. The summed E-state index contributed by atoms with van der Waals surface area (Å²) in [7, 11) is 0. The zero-order valence-electron chi connectivity index (χ0n) is 7.71. The third kappa shape index (κ3) is 2.48. The average molecular weight is 183 g/mol. The molecule has 0 aliphatic heterocycles. The molecular formula is C9H15N2S. The third-order valence-corrected chi connectivity index (χ3v) is 2.21. The van der Waals surface area contributed by atoms with E-state index in [2.05, 4.69) is 34.6 Å². The predicted molar refractivity (Wildman–Crippen MR) is 53.7 cm³/mol. The second kappa shape index (κ2) is 5.14. The number of rotatable bonds is 5. The summed E-state index contributed by atoms with van der Waals surface area (Å²) in [6.45, 7) is 6.59. The van der Waals surface area contributed by atoms with Crippen LogP contribution in [0.25, 0.3) is 0 Å². The van der Waals surface area contributed by atoms with Gasteiger partial charge in [-0.25, -0.2) is 4.98 Å². The maximum atomic E-state index is 4.17. The van der Waals surface area contributed by atoms with Crippen molar-refractivity contribution in [1.29, 1.82) is 0 Å². The summed E-state index contributed by atoms with van der Waals surface area (Å²) in [5.41, 5.74) is 2.88. The number of hydrogen-bond donors (Lipinski definition) is 0. The second-order valence-electron chi connectivity index (χ2n) is 2.78. The maximum Gasteiger partial charge on any atom is 0.154 e. The lowest BCUT2D eigenvalue weighted by molar-refractivity contribution is 0.736. The van der Waals surface area contributed by atoms with Crippen LogP contribution in [0.15, 0.2) is 5.38 Å². The molecule has 0 aliphatic rings. The van der Waals surface area contributed by atoms with E-state index in [0.29, 0.717) is 0 Å². The normalized spacial score (nSPS) is 10.2. The van der Waals surface area contributed by atoms with Gasteiger partial charge in [0, 0.05) is 18.5 Å². The molecule has 1 heterocycles. The fourth-order valence-corrected chi connectivity index (χ4v) is 1.71. The van der Waals surface area contributed by atoms with E-state index in [0.717, 1.165) is 18.9 Å². The van der Waals surface area contributed by atoms with E-state index in [9.17, 15) is 0 Å². The molecule has 0 amide bonds. The van der Waals surface area contributed by atoms with Crippen molar-refractivity contribution in [2.45, 2.75) is 26.7 Å². The van der Waals surface area contributed by atoms with Crippen molar-refractivity contribution in [3.63, 3.8) is 0 Å². The second-order valence-corrected chi connectivity index (χ2v) is 3.44. The summed E-state index contributed by atoms with van der Waals surface area (Å²) >= 11 is 1.54. The van der Waals surface area contributed by atoms with Crippen molar-refractivity contribution in [2.75, 3.05) is 18.0 Å². The van der Waals surface area contributed by atoms with Gasteiger partial charge in [0.2, 0.25) is 0 Å². The molecule has 67 valence electrons. The molecule has 0 atom stereocenters. The van der Waals surface area contributed by atoms with Crippen LogP contribution in [0.3, 0.4) is 0 Å². The van der Waals surface area contributed by atoms with Gasteiger partial charge in [0.15, 0.2) is 5.51 Å². The Hall–Kier alpha value is -0.570. The first-order chi connectivity index (χ1) is 5.88. The summed E-state index contributed by atoms with van der Waals surface area (Å²) in [5, 5.41) is 2.06. The van der Waals surface area contributed by atoms with E-state index in [1.165, 1.54) is 12.8 Å². The van der Waals surface area contributed by atoms with Crippen LogP contribution >= 0.6 is 11.3 Å². The van der Waals surface area contributed by atoms with E-state index in [1.54, 1.807) is 11.3 Å². The van der Waals surface area contributed by atoms with Crippen LogP contribution in [0.1, 0.15) is 26.7 Å². The Morgan fingerprint density at radius 3 is 2.50 bits per heavy atom. The molecule has 0 aromatic carbocycles. The summed E-state index contributed by atoms with van der Waals surface area (Å²) in [6.07, 6.45) is 2.36. The first-order valence-electron chi connectivity index (χ1n) is 4.45. The molecule has 1 aromatic heterocycles. The summed E-state index contributed by atoms with van der Waals surface area (Å²) < 4.78 is 0. The van der Waals surface area contributed by atoms with Crippen LogP contribution in [0.2, 0.25) is 0 Å². The smallest absolute Gasteiger partial charge is 0.154 e. The van der Waals surface area contributed by atoms with E-state index >= 15 is 0 Å². The van der Waals surface area contributed by atoms with Crippen molar-refractivity contribution < 1.29 is 0 Å². The summed E-state index contributed by atoms with van der Waals surface area (Å²) in [6, 6.07) is 0. The standard InChI is InChI=1S/C9H15N2S/c1-3-5-11(6-4-2)9-7-12-8-10-9/h7H,3-6H2,1-2H3. The zero-order valence-corrected chi connectivity index (χ0v) is 8.52. The van der Waals surface area contributed by atoms with Crippen molar-refractivity contribution in [2.24, 2.45) is 0 Å². The quantitative estimate of drug-likeness (QED) is 0.697. The van der Waals surface area contributed by atoms with Crippen LogP contribution < -0.4 is 4.90 Å². The molecule has 0 unspecified atom stereocenters. The monoisotopic (exact) mass is 183 g/mol. The van der Waals surface area contributed by atoms with Gasteiger partial charge >= 0.3 is 0 Å². The summed E-state index contributed by atoms with van der Waals surface area (Å²) in [4.78, 5) is 6.49. The fraction of sp³-hybridized carbons (Fsp3) is 0.667. The minimum Gasteiger partial charge on any atom is -0.356 e. The molecule has 0 N–H and O–H groups in total. The van der Waals surface area contributed by atoms with Crippen LogP contribution in [0, 0.1) is 5.51 Å². The molecule has 0 bridgehead atoms. The van der Waals surface area contributed by atoms with Gasteiger partial charge in [0.25, 0.3) is 0 Å². The number of anilines is 1. The van der Waals surface area contributed by atoms with Crippen molar-refractivity contribution in [3.05, 3.63) is 10.9 Å². The maximum absolute atomic E-state index is 4.17.